The fourth-order valence-electron chi connectivity index (χ4n) is 2.39. The van der Waals surface area contributed by atoms with Crippen molar-refractivity contribution in [2.75, 3.05) is 13.7 Å². The van der Waals surface area contributed by atoms with Gasteiger partial charge in [0.15, 0.2) is 11.5 Å². The topological polar surface area (TPSA) is 73.6 Å². The van der Waals surface area contributed by atoms with Gasteiger partial charge < -0.3 is 20.5 Å². The lowest BCUT2D eigenvalue weighted by atomic mass is 10.0. The van der Waals surface area contributed by atoms with E-state index in [0.717, 1.165) is 11.1 Å². The minimum absolute atomic E-state index is 0. The van der Waals surface area contributed by atoms with Gasteiger partial charge in [0.25, 0.3) is 0 Å². The van der Waals surface area contributed by atoms with Crippen LogP contribution >= 0.6 is 12.4 Å². The van der Waals surface area contributed by atoms with E-state index in [1.54, 1.807) is 7.11 Å². The van der Waals surface area contributed by atoms with Crippen LogP contribution in [0.5, 0.6) is 11.5 Å². The monoisotopic (exact) mass is 364 g/mol. The number of methoxy groups -OCH3 is 1. The van der Waals surface area contributed by atoms with Gasteiger partial charge in [0.2, 0.25) is 5.91 Å². The Morgan fingerprint density at radius 1 is 1.16 bits per heavy atom. The number of hydrogen-bond donors (Lipinski definition) is 2. The highest BCUT2D eigenvalue weighted by molar-refractivity contribution is 5.85. The first-order valence-corrected chi connectivity index (χ1v) is 8.01. The molecule has 0 aliphatic carbocycles. The minimum Gasteiger partial charge on any atom is -0.493 e. The zero-order chi connectivity index (χ0) is 17.4. The van der Waals surface area contributed by atoms with E-state index in [9.17, 15) is 4.79 Å². The molecule has 0 fully saturated rings. The van der Waals surface area contributed by atoms with E-state index >= 15 is 0 Å². The summed E-state index contributed by atoms with van der Waals surface area (Å²) < 4.78 is 10.8. The number of benzene rings is 2. The highest BCUT2D eigenvalue weighted by atomic mass is 35.5. The van der Waals surface area contributed by atoms with E-state index in [0.29, 0.717) is 24.7 Å². The Balaban J connectivity index is 0.00000312. The molecule has 2 aromatic rings. The Morgan fingerprint density at radius 2 is 1.88 bits per heavy atom. The summed E-state index contributed by atoms with van der Waals surface area (Å²) in [6, 6.07) is 14.9. The first-order chi connectivity index (χ1) is 11.6. The molecule has 1 atom stereocenters. The van der Waals surface area contributed by atoms with Crippen LogP contribution in [0, 0.1) is 0 Å². The van der Waals surface area contributed by atoms with Crippen LogP contribution in [-0.2, 0) is 11.3 Å². The minimum atomic E-state index is -0.305. The first-order valence-electron chi connectivity index (χ1n) is 8.01. The van der Waals surface area contributed by atoms with Crippen molar-refractivity contribution in [1.29, 1.82) is 0 Å². The molecule has 2 rings (SSSR count). The van der Waals surface area contributed by atoms with Crippen molar-refractivity contribution in [3.8, 4) is 11.5 Å². The second-order valence-corrected chi connectivity index (χ2v) is 5.42. The van der Waals surface area contributed by atoms with E-state index in [-0.39, 0.29) is 30.8 Å². The summed E-state index contributed by atoms with van der Waals surface area (Å²) in [4.78, 5) is 12.1. The van der Waals surface area contributed by atoms with Gasteiger partial charge in [-0.1, -0.05) is 36.4 Å². The van der Waals surface area contributed by atoms with Crippen LogP contribution in [-0.4, -0.2) is 19.6 Å². The predicted molar refractivity (Wildman–Crippen MR) is 101 cm³/mol. The van der Waals surface area contributed by atoms with Crippen LogP contribution in [0.2, 0.25) is 0 Å². The van der Waals surface area contributed by atoms with Crippen LogP contribution in [0.15, 0.2) is 48.5 Å². The van der Waals surface area contributed by atoms with Crippen molar-refractivity contribution in [3.63, 3.8) is 0 Å². The van der Waals surface area contributed by atoms with Gasteiger partial charge in [-0.05, 0) is 30.2 Å². The number of carbonyl (C=O) groups is 1. The van der Waals surface area contributed by atoms with Gasteiger partial charge in [0, 0.05) is 19.0 Å². The summed E-state index contributed by atoms with van der Waals surface area (Å²) in [7, 11) is 1.60. The molecule has 136 valence electrons. The van der Waals surface area contributed by atoms with Crippen molar-refractivity contribution in [3.05, 3.63) is 59.7 Å². The van der Waals surface area contributed by atoms with Crippen LogP contribution in [0.25, 0.3) is 0 Å². The number of amides is 1. The maximum absolute atomic E-state index is 12.1. The third-order valence-electron chi connectivity index (χ3n) is 3.65. The van der Waals surface area contributed by atoms with Gasteiger partial charge in [0.1, 0.15) is 0 Å². The Hall–Kier alpha value is -2.24. The van der Waals surface area contributed by atoms with Crippen molar-refractivity contribution in [2.45, 2.75) is 25.9 Å². The summed E-state index contributed by atoms with van der Waals surface area (Å²) in [5.41, 5.74) is 7.96. The number of ether oxygens (including phenoxy) is 2. The molecular weight excluding hydrogens is 340 g/mol. The van der Waals surface area contributed by atoms with Gasteiger partial charge in [-0.25, -0.2) is 0 Å². The summed E-state index contributed by atoms with van der Waals surface area (Å²) in [6.45, 7) is 2.91. The van der Waals surface area contributed by atoms with E-state index in [1.807, 2.05) is 55.5 Å². The Kier molecular flexibility index (Phi) is 8.81. The highest BCUT2D eigenvalue weighted by Gasteiger charge is 2.12. The Labute approximate surface area is 154 Å². The molecule has 0 radical (unpaired) electrons. The Morgan fingerprint density at radius 3 is 2.52 bits per heavy atom. The van der Waals surface area contributed by atoms with Crippen molar-refractivity contribution < 1.29 is 14.3 Å². The standard InChI is InChI=1S/C19H24N2O3.ClH/c1-3-24-17-10-9-14(11-18(17)23-2)13-21-19(22)12-16(20)15-7-5-4-6-8-15;/h4-11,16H,3,12-13,20H2,1-2H3,(H,21,22);1H. The van der Waals surface area contributed by atoms with Crippen LogP contribution < -0.4 is 20.5 Å². The largest absolute Gasteiger partial charge is 0.493 e. The number of nitrogens with one attached hydrogen (secondary N) is 1. The molecule has 0 heterocycles. The molecule has 6 heteroatoms. The van der Waals surface area contributed by atoms with E-state index in [2.05, 4.69) is 5.32 Å². The summed E-state index contributed by atoms with van der Waals surface area (Å²) in [5, 5.41) is 2.89. The molecule has 0 aliphatic heterocycles. The second kappa shape index (κ2) is 10.6. The molecule has 3 N–H and O–H groups in total. The zero-order valence-electron chi connectivity index (χ0n) is 14.5. The maximum atomic E-state index is 12.1. The van der Waals surface area contributed by atoms with Gasteiger partial charge in [0.05, 0.1) is 13.7 Å². The molecule has 0 saturated heterocycles. The van der Waals surface area contributed by atoms with Gasteiger partial charge in [-0.2, -0.15) is 0 Å². The van der Waals surface area contributed by atoms with E-state index in [4.69, 9.17) is 15.2 Å². The number of rotatable bonds is 8. The highest BCUT2D eigenvalue weighted by Crippen LogP contribution is 2.28. The Bertz CT molecular complexity index is 665. The van der Waals surface area contributed by atoms with Crippen molar-refractivity contribution >= 4 is 18.3 Å². The molecule has 2 aromatic carbocycles. The average Bonchev–Trinajstić information content (AvgIpc) is 2.61. The fourth-order valence-corrected chi connectivity index (χ4v) is 2.39. The van der Waals surface area contributed by atoms with E-state index < -0.39 is 0 Å². The molecule has 1 unspecified atom stereocenters. The number of carbonyl (C=O) groups excluding carboxylic acids is 1. The number of hydrogen-bond acceptors (Lipinski definition) is 4. The van der Waals surface area contributed by atoms with Crippen molar-refractivity contribution in [1.82, 2.24) is 5.32 Å². The summed E-state index contributed by atoms with van der Waals surface area (Å²) in [6.07, 6.45) is 0.248. The summed E-state index contributed by atoms with van der Waals surface area (Å²) in [5.74, 6) is 1.27. The lowest BCUT2D eigenvalue weighted by molar-refractivity contribution is -0.121. The molecule has 0 aromatic heterocycles. The normalized spacial score (nSPS) is 11.2. The lowest BCUT2D eigenvalue weighted by Gasteiger charge is -2.13. The molecule has 5 nitrogen and oxygen atoms in total. The van der Waals surface area contributed by atoms with Crippen LogP contribution in [0.1, 0.15) is 30.5 Å². The molecular formula is C19H25ClN2O3. The average molecular weight is 365 g/mol. The smallest absolute Gasteiger partial charge is 0.222 e. The third kappa shape index (κ3) is 6.29. The zero-order valence-corrected chi connectivity index (χ0v) is 15.3. The maximum Gasteiger partial charge on any atom is 0.222 e. The predicted octanol–water partition coefficient (Wildman–Crippen LogP) is 3.22. The molecule has 0 bridgehead atoms. The molecule has 0 aliphatic rings. The lowest BCUT2D eigenvalue weighted by Crippen LogP contribution is -2.27. The van der Waals surface area contributed by atoms with Gasteiger partial charge >= 0.3 is 0 Å². The quantitative estimate of drug-likeness (QED) is 0.754. The SMILES string of the molecule is CCOc1ccc(CNC(=O)CC(N)c2ccccc2)cc1OC.Cl. The molecule has 1 amide bonds. The fraction of sp³-hybridized carbons (Fsp3) is 0.316. The number of halogens is 1. The summed E-state index contributed by atoms with van der Waals surface area (Å²) >= 11 is 0. The number of nitrogens with two attached hydrogens (primary N) is 1. The molecule has 25 heavy (non-hydrogen) atoms. The molecule has 0 saturated carbocycles. The second-order valence-electron chi connectivity index (χ2n) is 5.42. The van der Waals surface area contributed by atoms with Crippen LogP contribution in [0.3, 0.4) is 0 Å². The van der Waals surface area contributed by atoms with Crippen LogP contribution in [0.4, 0.5) is 0 Å². The molecule has 0 spiro atoms. The van der Waals surface area contributed by atoms with Crippen molar-refractivity contribution in [2.24, 2.45) is 5.73 Å². The first kappa shape index (κ1) is 20.8. The third-order valence-corrected chi connectivity index (χ3v) is 3.65. The van der Waals surface area contributed by atoms with Gasteiger partial charge in [-0.3, -0.25) is 4.79 Å². The van der Waals surface area contributed by atoms with E-state index in [1.165, 1.54) is 0 Å². The van der Waals surface area contributed by atoms with Gasteiger partial charge in [-0.15, -0.1) is 12.4 Å².